The summed E-state index contributed by atoms with van der Waals surface area (Å²) in [6.07, 6.45) is 0. The smallest absolute Gasteiger partial charge is 0.281 e. The van der Waals surface area contributed by atoms with E-state index in [1.807, 2.05) is 27.7 Å². The molecule has 0 heterocycles. The lowest BCUT2D eigenvalue weighted by Crippen LogP contribution is -2.15. The van der Waals surface area contributed by atoms with Gasteiger partial charge in [-0.1, -0.05) is 13.8 Å². The van der Waals surface area contributed by atoms with Gasteiger partial charge < -0.3 is 10.5 Å². The number of amidine groups is 1. The summed E-state index contributed by atoms with van der Waals surface area (Å²) in [4.78, 5) is 3.87. The van der Waals surface area contributed by atoms with E-state index in [9.17, 15) is 0 Å². The maximum absolute atomic E-state index is 5.20. The van der Waals surface area contributed by atoms with Crippen molar-refractivity contribution in [2.45, 2.75) is 33.7 Å². The summed E-state index contributed by atoms with van der Waals surface area (Å²) in [5.74, 6) is 0. The van der Waals surface area contributed by atoms with Crippen LogP contribution in [0.4, 0.5) is 0 Å². The molecule has 0 bridgehead atoms. The molecule has 3 nitrogen and oxygen atoms in total. The maximum atomic E-state index is 5.20. The summed E-state index contributed by atoms with van der Waals surface area (Å²) in [7, 11) is 1.50. The van der Waals surface area contributed by atoms with Crippen LogP contribution < -0.4 is 5.73 Å². The van der Waals surface area contributed by atoms with Crippen LogP contribution in [-0.4, -0.2) is 19.2 Å². The van der Waals surface area contributed by atoms with Gasteiger partial charge in [-0.05, 0) is 13.8 Å². The molecule has 0 spiro atoms. The molecular formula is C7H18N2O. The second-order valence-corrected chi connectivity index (χ2v) is 1.77. The number of hydrogen-bond acceptors (Lipinski definition) is 2. The van der Waals surface area contributed by atoms with Gasteiger partial charge in [0.15, 0.2) is 0 Å². The minimum atomic E-state index is 0.218. The molecule has 0 unspecified atom stereocenters. The fourth-order valence-corrected chi connectivity index (χ4v) is 0.307. The molecule has 0 rings (SSSR count). The molecule has 0 aliphatic rings. The molecule has 10 heavy (non-hydrogen) atoms. The first-order valence-electron chi connectivity index (χ1n) is 3.54. The zero-order valence-electron chi connectivity index (χ0n) is 7.51. The summed E-state index contributed by atoms with van der Waals surface area (Å²) in [5, 5.41) is 0. The Labute approximate surface area is 63.3 Å². The van der Waals surface area contributed by atoms with E-state index in [1.165, 1.54) is 7.11 Å². The number of rotatable bonds is 1. The minimum absolute atomic E-state index is 0.218. The third kappa shape index (κ3) is 10.3. The van der Waals surface area contributed by atoms with Gasteiger partial charge in [0.1, 0.15) is 0 Å². The van der Waals surface area contributed by atoms with Gasteiger partial charge in [-0.15, -0.1) is 0 Å². The second kappa shape index (κ2) is 8.27. The molecule has 0 aromatic carbocycles. The van der Waals surface area contributed by atoms with Crippen molar-refractivity contribution in [3.8, 4) is 0 Å². The number of hydrogen-bond donors (Lipinski definition) is 1. The Bertz CT molecular complexity index is 89.6. The van der Waals surface area contributed by atoms with E-state index >= 15 is 0 Å². The predicted molar refractivity (Wildman–Crippen MR) is 45.1 cm³/mol. The first kappa shape index (κ1) is 12.0. The molecule has 0 aromatic rings. The molecule has 0 saturated heterocycles. The Morgan fingerprint density at radius 2 is 1.80 bits per heavy atom. The Balaban J connectivity index is 0. The van der Waals surface area contributed by atoms with Gasteiger partial charge in [0.05, 0.1) is 7.11 Å². The number of nitrogens with two attached hydrogens (primary N) is 1. The molecule has 0 amide bonds. The standard InChI is InChI=1S/C5H12N2O.C2H6/c1-4(2)7-5(6)8-3;1-2/h4H,1-3H3,(H2,6,7);1-2H3. The molecular weight excluding hydrogens is 128 g/mol. The normalized spacial score (nSPS) is 10.4. The van der Waals surface area contributed by atoms with Crippen molar-refractivity contribution in [3.05, 3.63) is 0 Å². The van der Waals surface area contributed by atoms with E-state index < -0.39 is 0 Å². The zero-order chi connectivity index (χ0) is 8.57. The molecule has 2 N–H and O–H groups in total. The molecule has 0 fully saturated rings. The predicted octanol–water partition coefficient (Wildman–Crippen LogP) is 1.38. The van der Waals surface area contributed by atoms with Gasteiger partial charge >= 0.3 is 0 Å². The van der Waals surface area contributed by atoms with E-state index in [0.717, 1.165) is 0 Å². The molecule has 0 aliphatic heterocycles. The number of ether oxygens (including phenoxy) is 1. The van der Waals surface area contributed by atoms with Crippen LogP contribution in [0.3, 0.4) is 0 Å². The van der Waals surface area contributed by atoms with Crippen LogP contribution >= 0.6 is 0 Å². The average Bonchev–Trinajstić information content (AvgIpc) is 1.91. The van der Waals surface area contributed by atoms with E-state index in [0.29, 0.717) is 0 Å². The average molecular weight is 146 g/mol. The lowest BCUT2D eigenvalue weighted by molar-refractivity contribution is 0.392. The van der Waals surface area contributed by atoms with Crippen molar-refractivity contribution in [2.75, 3.05) is 7.11 Å². The summed E-state index contributed by atoms with van der Waals surface area (Å²) < 4.78 is 4.59. The van der Waals surface area contributed by atoms with Gasteiger partial charge in [-0.25, -0.2) is 4.99 Å². The van der Waals surface area contributed by atoms with Crippen LogP contribution in [0.25, 0.3) is 0 Å². The Morgan fingerprint density at radius 3 is 1.90 bits per heavy atom. The maximum Gasteiger partial charge on any atom is 0.281 e. The number of methoxy groups -OCH3 is 1. The molecule has 0 aliphatic carbocycles. The van der Waals surface area contributed by atoms with Crippen LogP contribution in [0, 0.1) is 0 Å². The first-order valence-corrected chi connectivity index (χ1v) is 3.54. The van der Waals surface area contributed by atoms with Crippen LogP contribution in [0.15, 0.2) is 4.99 Å². The molecule has 0 saturated carbocycles. The van der Waals surface area contributed by atoms with E-state index in [1.54, 1.807) is 0 Å². The third-order valence-corrected chi connectivity index (χ3v) is 0.595. The second-order valence-electron chi connectivity index (χ2n) is 1.77. The van der Waals surface area contributed by atoms with Gasteiger partial charge in [0.25, 0.3) is 6.02 Å². The van der Waals surface area contributed by atoms with Crippen LogP contribution in [0.2, 0.25) is 0 Å². The quantitative estimate of drug-likeness (QED) is 0.449. The van der Waals surface area contributed by atoms with E-state index in [-0.39, 0.29) is 12.1 Å². The minimum Gasteiger partial charge on any atom is -0.469 e. The zero-order valence-corrected chi connectivity index (χ0v) is 7.51. The lowest BCUT2D eigenvalue weighted by Gasteiger charge is -1.98. The monoisotopic (exact) mass is 146 g/mol. The first-order chi connectivity index (χ1) is 4.66. The summed E-state index contributed by atoms with van der Waals surface area (Å²) in [5.41, 5.74) is 5.20. The Hall–Kier alpha value is -0.730. The SMILES string of the molecule is CC.COC(N)=NC(C)C. The van der Waals surface area contributed by atoms with Crippen molar-refractivity contribution in [1.82, 2.24) is 0 Å². The number of nitrogens with zero attached hydrogens (tertiary/aromatic N) is 1. The summed E-state index contributed by atoms with van der Waals surface area (Å²) >= 11 is 0. The van der Waals surface area contributed by atoms with Gasteiger partial charge in [0, 0.05) is 6.04 Å². The van der Waals surface area contributed by atoms with Crippen molar-refractivity contribution in [1.29, 1.82) is 0 Å². The molecule has 3 heteroatoms. The highest BCUT2D eigenvalue weighted by molar-refractivity contribution is 5.71. The van der Waals surface area contributed by atoms with Gasteiger partial charge in [0.2, 0.25) is 0 Å². The van der Waals surface area contributed by atoms with Crippen molar-refractivity contribution in [3.63, 3.8) is 0 Å². The highest BCUT2D eigenvalue weighted by Crippen LogP contribution is 1.84. The largest absolute Gasteiger partial charge is 0.469 e. The van der Waals surface area contributed by atoms with E-state index in [4.69, 9.17) is 5.73 Å². The van der Waals surface area contributed by atoms with Crippen LogP contribution in [0.5, 0.6) is 0 Å². The van der Waals surface area contributed by atoms with Crippen LogP contribution in [0.1, 0.15) is 27.7 Å². The fraction of sp³-hybridized carbons (Fsp3) is 0.857. The Kier molecular flexibility index (Phi) is 9.92. The number of aliphatic imine (C=N–C) groups is 1. The molecule has 0 radical (unpaired) electrons. The highest BCUT2D eigenvalue weighted by Gasteiger charge is 1.88. The molecule has 0 atom stereocenters. The fourth-order valence-electron chi connectivity index (χ4n) is 0.307. The Morgan fingerprint density at radius 1 is 1.40 bits per heavy atom. The lowest BCUT2D eigenvalue weighted by atomic mass is 10.4. The van der Waals surface area contributed by atoms with Crippen molar-refractivity contribution < 1.29 is 4.74 Å². The van der Waals surface area contributed by atoms with Crippen molar-refractivity contribution >= 4 is 6.02 Å². The van der Waals surface area contributed by atoms with E-state index in [2.05, 4.69) is 9.73 Å². The molecule has 62 valence electrons. The van der Waals surface area contributed by atoms with Gasteiger partial charge in [-0.3, -0.25) is 0 Å². The van der Waals surface area contributed by atoms with Crippen LogP contribution in [-0.2, 0) is 4.74 Å². The van der Waals surface area contributed by atoms with Crippen molar-refractivity contribution in [2.24, 2.45) is 10.7 Å². The molecule has 0 aromatic heterocycles. The topological polar surface area (TPSA) is 47.6 Å². The third-order valence-electron chi connectivity index (χ3n) is 0.595. The highest BCUT2D eigenvalue weighted by atomic mass is 16.5. The van der Waals surface area contributed by atoms with Gasteiger partial charge in [-0.2, -0.15) is 0 Å². The summed E-state index contributed by atoms with van der Waals surface area (Å²) in [6, 6.07) is 0.468. The summed E-state index contributed by atoms with van der Waals surface area (Å²) in [6.45, 7) is 7.87.